The van der Waals surface area contributed by atoms with Crippen LogP contribution in [0, 0.1) is 0 Å². The second kappa shape index (κ2) is 5.30. The highest BCUT2D eigenvalue weighted by Gasteiger charge is 1.92. The molecule has 0 aliphatic rings. The third-order valence-corrected chi connectivity index (χ3v) is 1.15. The Labute approximate surface area is 63.7 Å². The van der Waals surface area contributed by atoms with Crippen molar-refractivity contribution in [2.75, 3.05) is 13.1 Å². The van der Waals surface area contributed by atoms with Crippen LogP contribution in [0.2, 0.25) is 0 Å². The summed E-state index contributed by atoms with van der Waals surface area (Å²) < 4.78 is 0. The molecule has 0 fully saturated rings. The Bertz CT molecular complexity index is 97.4. The van der Waals surface area contributed by atoms with E-state index in [1.807, 2.05) is 0 Å². The maximum atomic E-state index is 3.84. The Kier molecular flexibility index (Phi) is 5.03. The molecule has 0 radical (unpaired) electrons. The zero-order valence-electron chi connectivity index (χ0n) is 7.20. The van der Waals surface area contributed by atoms with Crippen LogP contribution in [0.25, 0.3) is 0 Å². The monoisotopic (exact) mass is 142 g/mol. The van der Waals surface area contributed by atoms with Crippen LogP contribution >= 0.6 is 0 Å². The molecule has 0 rings (SSSR count). The molecular formula is C8H18N2. The summed E-state index contributed by atoms with van der Waals surface area (Å²) >= 11 is 0. The van der Waals surface area contributed by atoms with E-state index in [1.165, 1.54) is 0 Å². The first-order valence-corrected chi connectivity index (χ1v) is 3.81. The maximum absolute atomic E-state index is 3.84. The van der Waals surface area contributed by atoms with Crippen molar-refractivity contribution in [1.29, 1.82) is 0 Å². The number of hydrogen-bond acceptors (Lipinski definition) is 2. The first-order valence-electron chi connectivity index (χ1n) is 3.81. The fraction of sp³-hybridized carbons (Fsp3) is 0.750. The second-order valence-corrected chi connectivity index (χ2v) is 2.67. The van der Waals surface area contributed by atoms with Gasteiger partial charge in [-0.1, -0.05) is 20.4 Å². The first-order chi connectivity index (χ1) is 4.66. The van der Waals surface area contributed by atoms with E-state index in [1.54, 1.807) is 0 Å². The van der Waals surface area contributed by atoms with Gasteiger partial charge in [0.15, 0.2) is 0 Å². The van der Waals surface area contributed by atoms with Gasteiger partial charge in [0.05, 0.1) is 0 Å². The Hall–Kier alpha value is -0.500. The minimum Gasteiger partial charge on any atom is -0.388 e. The molecule has 60 valence electrons. The third-order valence-electron chi connectivity index (χ3n) is 1.15. The van der Waals surface area contributed by atoms with Crippen LogP contribution in [-0.2, 0) is 0 Å². The highest BCUT2D eigenvalue weighted by atomic mass is 15.0. The van der Waals surface area contributed by atoms with Gasteiger partial charge in [0, 0.05) is 24.8 Å². The van der Waals surface area contributed by atoms with Crippen LogP contribution in [0.5, 0.6) is 0 Å². The van der Waals surface area contributed by atoms with Gasteiger partial charge in [-0.05, 0) is 6.92 Å². The predicted octanol–water partition coefficient (Wildman–Crippen LogP) is 1.11. The van der Waals surface area contributed by atoms with E-state index in [4.69, 9.17) is 0 Å². The average Bonchev–Trinajstić information content (AvgIpc) is 1.85. The smallest absolute Gasteiger partial charge is 0.0350 e. The Morgan fingerprint density at radius 1 is 1.50 bits per heavy atom. The summed E-state index contributed by atoms with van der Waals surface area (Å²) in [7, 11) is 0. The molecule has 2 nitrogen and oxygen atoms in total. The van der Waals surface area contributed by atoms with E-state index in [9.17, 15) is 0 Å². The van der Waals surface area contributed by atoms with Gasteiger partial charge in [-0.15, -0.1) is 0 Å². The lowest BCUT2D eigenvalue weighted by Gasteiger charge is -2.10. The number of rotatable bonds is 5. The summed E-state index contributed by atoms with van der Waals surface area (Å²) in [4.78, 5) is 0. The second-order valence-electron chi connectivity index (χ2n) is 2.67. The minimum atomic E-state index is 0.537. The SMILES string of the molecule is C=C(CNC(C)C)NCC. The fourth-order valence-corrected chi connectivity index (χ4v) is 0.640. The van der Waals surface area contributed by atoms with E-state index in [-0.39, 0.29) is 0 Å². The molecule has 0 aromatic heterocycles. The van der Waals surface area contributed by atoms with Crippen LogP contribution < -0.4 is 10.6 Å². The Balaban J connectivity index is 3.22. The molecule has 0 saturated heterocycles. The van der Waals surface area contributed by atoms with Gasteiger partial charge < -0.3 is 10.6 Å². The van der Waals surface area contributed by atoms with Crippen LogP contribution in [-0.4, -0.2) is 19.1 Å². The number of likely N-dealkylation sites (N-methyl/N-ethyl adjacent to an activating group) is 1. The van der Waals surface area contributed by atoms with Gasteiger partial charge >= 0.3 is 0 Å². The molecule has 0 atom stereocenters. The summed E-state index contributed by atoms with van der Waals surface area (Å²) in [6, 6.07) is 0.537. The van der Waals surface area contributed by atoms with Gasteiger partial charge in [-0.3, -0.25) is 0 Å². The zero-order valence-corrected chi connectivity index (χ0v) is 7.20. The summed E-state index contributed by atoms with van der Waals surface area (Å²) in [5.41, 5.74) is 1.07. The number of nitrogens with one attached hydrogen (secondary N) is 2. The maximum Gasteiger partial charge on any atom is 0.0350 e. The molecule has 10 heavy (non-hydrogen) atoms. The first kappa shape index (κ1) is 9.50. The quantitative estimate of drug-likeness (QED) is 0.601. The molecule has 0 spiro atoms. The molecule has 0 aliphatic heterocycles. The minimum absolute atomic E-state index is 0.537. The number of hydrogen-bond donors (Lipinski definition) is 2. The van der Waals surface area contributed by atoms with Gasteiger partial charge in [0.2, 0.25) is 0 Å². The van der Waals surface area contributed by atoms with Gasteiger partial charge in [-0.25, -0.2) is 0 Å². The molecule has 0 unspecified atom stereocenters. The molecule has 2 N–H and O–H groups in total. The molecule has 0 aromatic carbocycles. The lowest BCUT2D eigenvalue weighted by Crippen LogP contribution is -2.29. The normalized spacial score (nSPS) is 10.0. The fourth-order valence-electron chi connectivity index (χ4n) is 0.640. The van der Waals surface area contributed by atoms with E-state index >= 15 is 0 Å². The molecular weight excluding hydrogens is 124 g/mol. The van der Waals surface area contributed by atoms with Crippen molar-refractivity contribution >= 4 is 0 Å². The molecule has 0 amide bonds. The molecule has 2 heteroatoms. The molecule has 0 aromatic rings. The van der Waals surface area contributed by atoms with Crippen molar-refractivity contribution in [1.82, 2.24) is 10.6 Å². The van der Waals surface area contributed by atoms with Crippen molar-refractivity contribution in [3.63, 3.8) is 0 Å². The van der Waals surface area contributed by atoms with E-state index in [0.717, 1.165) is 18.8 Å². The summed E-state index contributed by atoms with van der Waals surface area (Å²) in [6.45, 7) is 12.0. The van der Waals surface area contributed by atoms with Crippen molar-refractivity contribution in [2.45, 2.75) is 26.8 Å². The highest BCUT2D eigenvalue weighted by Crippen LogP contribution is 1.82. The van der Waals surface area contributed by atoms with Crippen LogP contribution in [0.4, 0.5) is 0 Å². The zero-order chi connectivity index (χ0) is 7.98. The summed E-state index contributed by atoms with van der Waals surface area (Å²) in [5, 5.41) is 6.41. The molecule has 0 bridgehead atoms. The average molecular weight is 142 g/mol. The lowest BCUT2D eigenvalue weighted by molar-refractivity contribution is 0.603. The Morgan fingerprint density at radius 3 is 2.50 bits per heavy atom. The lowest BCUT2D eigenvalue weighted by atomic mass is 10.3. The van der Waals surface area contributed by atoms with Crippen molar-refractivity contribution in [3.05, 3.63) is 12.3 Å². The molecule has 0 aliphatic carbocycles. The van der Waals surface area contributed by atoms with Crippen molar-refractivity contribution < 1.29 is 0 Å². The van der Waals surface area contributed by atoms with E-state index in [0.29, 0.717) is 6.04 Å². The summed E-state index contributed by atoms with van der Waals surface area (Å²) in [5.74, 6) is 0. The van der Waals surface area contributed by atoms with Gasteiger partial charge in [0.25, 0.3) is 0 Å². The van der Waals surface area contributed by atoms with E-state index in [2.05, 4.69) is 38.0 Å². The van der Waals surface area contributed by atoms with Crippen LogP contribution in [0.1, 0.15) is 20.8 Å². The van der Waals surface area contributed by atoms with Crippen molar-refractivity contribution in [3.8, 4) is 0 Å². The van der Waals surface area contributed by atoms with E-state index < -0.39 is 0 Å². The predicted molar refractivity (Wildman–Crippen MR) is 46.0 cm³/mol. The molecule has 0 heterocycles. The largest absolute Gasteiger partial charge is 0.388 e. The van der Waals surface area contributed by atoms with Gasteiger partial charge in [-0.2, -0.15) is 0 Å². The highest BCUT2D eigenvalue weighted by molar-refractivity contribution is 4.93. The van der Waals surface area contributed by atoms with Crippen LogP contribution in [0.3, 0.4) is 0 Å². The van der Waals surface area contributed by atoms with Gasteiger partial charge in [0.1, 0.15) is 0 Å². The molecule has 0 saturated carbocycles. The standard InChI is InChI=1S/C8H18N2/c1-5-9-8(4)6-10-7(2)3/h7,9-10H,4-6H2,1-3H3. The van der Waals surface area contributed by atoms with Crippen molar-refractivity contribution in [2.24, 2.45) is 0 Å². The Morgan fingerprint density at radius 2 is 2.10 bits per heavy atom. The summed E-state index contributed by atoms with van der Waals surface area (Å²) in [6.07, 6.45) is 0. The van der Waals surface area contributed by atoms with Crippen LogP contribution in [0.15, 0.2) is 12.3 Å². The third kappa shape index (κ3) is 5.63. The topological polar surface area (TPSA) is 24.1 Å².